The van der Waals surface area contributed by atoms with Crippen LogP contribution in [-0.4, -0.2) is 36.9 Å². The third-order valence-electron chi connectivity index (χ3n) is 6.09. The lowest BCUT2D eigenvalue weighted by Crippen LogP contribution is -2.28. The second kappa shape index (κ2) is 9.32. The molecule has 0 unspecified atom stereocenters. The number of pyridine rings is 1. The van der Waals surface area contributed by atoms with Crippen molar-refractivity contribution in [2.45, 2.75) is 43.8 Å². The lowest BCUT2D eigenvalue weighted by Gasteiger charge is -2.29. The number of aldehydes is 1. The summed E-state index contributed by atoms with van der Waals surface area (Å²) in [7, 11) is 0. The summed E-state index contributed by atoms with van der Waals surface area (Å²) in [6.45, 7) is 0. The number of anilines is 3. The highest BCUT2D eigenvalue weighted by atomic mass is 19.4. The van der Waals surface area contributed by atoms with Gasteiger partial charge in [0.15, 0.2) is 5.65 Å². The number of benzene rings is 1. The Balaban J connectivity index is 1.37. The molecule has 0 amide bonds. The van der Waals surface area contributed by atoms with Crippen LogP contribution in [0, 0.1) is 0 Å². The summed E-state index contributed by atoms with van der Waals surface area (Å²) in [6.07, 6.45) is 2.11. The van der Waals surface area contributed by atoms with E-state index in [1.54, 1.807) is 18.2 Å². The monoisotopic (exact) mass is 481 g/mol. The Labute approximate surface area is 198 Å². The van der Waals surface area contributed by atoms with E-state index in [2.05, 4.69) is 30.8 Å². The van der Waals surface area contributed by atoms with Crippen LogP contribution >= 0.6 is 0 Å². The molecule has 4 aromatic rings. The van der Waals surface area contributed by atoms with Crippen molar-refractivity contribution in [1.82, 2.24) is 24.6 Å². The third kappa shape index (κ3) is 4.93. The first-order valence-electron chi connectivity index (χ1n) is 11.2. The molecule has 1 saturated carbocycles. The molecule has 2 N–H and O–H groups in total. The molecule has 0 radical (unpaired) electrons. The lowest BCUT2D eigenvalue weighted by molar-refractivity contribution is -0.137. The van der Waals surface area contributed by atoms with Crippen LogP contribution in [0.4, 0.5) is 30.6 Å². The van der Waals surface area contributed by atoms with E-state index in [0.717, 1.165) is 43.4 Å². The van der Waals surface area contributed by atoms with Crippen LogP contribution in [0.5, 0.6) is 0 Å². The fraction of sp³-hybridized carbons (Fsp3) is 0.292. The number of aromatic nitrogens is 5. The fourth-order valence-corrected chi connectivity index (χ4v) is 4.46. The van der Waals surface area contributed by atoms with Crippen molar-refractivity contribution in [2.75, 3.05) is 10.6 Å². The second-order valence-corrected chi connectivity index (χ2v) is 8.51. The summed E-state index contributed by atoms with van der Waals surface area (Å²) in [4.78, 5) is 19.1. The van der Waals surface area contributed by atoms with Gasteiger partial charge in [-0.15, -0.1) is 10.2 Å². The van der Waals surface area contributed by atoms with Crippen molar-refractivity contribution in [1.29, 1.82) is 0 Å². The van der Waals surface area contributed by atoms with Gasteiger partial charge < -0.3 is 10.6 Å². The highest BCUT2D eigenvalue weighted by Crippen LogP contribution is 2.36. The molecule has 1 fully saturated rings. The van der Waals surface area contributed by atoms with Gasteiger partial charge in [-0.2, -0.15) is 18.2 Å². The molecule has 3 aromatic heterocycles. The van der Waals surface area contributed by atoms with E-state index in [0.29, 0.717) is 17.5 Å². The summed E-state index contributed by atoms with van der Waals surface area (Å²) < 4.78 is 42.8. The van der Waals surface area contributed by atoms with Crippen LogP contribution in [0.3, 0.4) is 0 Å². The highest BCUT2D eigenvalue weighted by molar-refractivity contribution is 5.77. The van der Waals surface area contributed by atoms with E-state index < -0.39 is 11.7 Å². The Morgan fingerprint density at radius 2 is 1.97 bits per heavy atom. The zero-order chi connectivity index (χ0) is 24.4. The average molecular weight is 481 g/mol. The second-order valence-electron chi connectivity index (χ2n) is 8.51. The lowest BCUT2D eigenvalue weighted by atomic mass is 9.85. The molecule has 11 heteroatoms. The molecule has 5 rings (SSSR count). The smallest absolute Gasteiger partial charge is 0.351 e. The number of hydrogen-bond acceptors (Lipinski definition) is 7. The molecule has 1 aliphatic carbocycles. The average Bonchev–Trinajstić information content (AvgIpc) is 3.28. The van der Waals surface area contributed by atoms with Crippen molar-refractivity contribution >= 4 is 29.4 Å². The van der Waals surface area contributed by atoms with Crippen LogP contribution in [0.1, 0.15) is 53.3 Å². The third-order valence-corrected chi connectivity index (χ3v) is 6.09. The normalized spacial score (nSPS) is 18.4. The maximum absolute atomic E-state index is 13.6. The van der Waals surface area contributed by atoms with Gasteiger partial charge in [0.1, 0.15) is 23.5 Å². The standard InChI is InChI=1S/C24H22F3N7O/c25-24(26,27)19-13-28-23(31-21(19)29-17-7-3-5-15(11-17)14-35)30-18-8-4-6-16(12-18)22-33-32-20-9-1-2-10-34(20)22/h1-3,5,7,9-11,13-14,16,18H,4,6,8,12H2,(H2,28,29,30,31)/t16-,18+/m0/s1. The SMILES string of the molecule is O=Cc1cccc(Nc2nc(N[C@@H]3CCC[C@H](c4nnc5ccccn45)C3)ncc2C(F)(F)F)c1. The minimum atomic E-state index is -4.65. The summed E-state index contributed by atoms with van der Waals surface area (Å²) in [5.41, 5.74) is 0.445. The van der Waals surface area contributed by atoms with Crippen molar-refractivity contribution in [3.8, 4) is 0 Å². The Hall–Kier alpha value is -4.02. The Bertz CT molecular complexity index is 1350. The molecule has 0 saturated heterocycles. The maximum atomic E-state index is 13.6. The Kier molecular flexibility index (Phi) is 6.06. The minimum absolute atomic E-state index is 0.0345. The van der Waals surface area contributed by atoms with Crippen LogP contribution in [0.2, 0.25) is 0 Å². The zero-order valence-corrected chi connectivity index (χ0v) is 18.5. The number of fused-ring (bicyclic) bond motifs is 1. The largest absolute Gasteiger partial charge is 0.421 e. The van der Waals surface area contributed by atoms with E-state index in [1.165, 1.54) is 6.07 Å². The maximum Gasteiger partial charge on any atom is 0.421 e. The van der Waals surface area contributed by atoms with Crippen LogP contribution in [0.15, 0.2) is 54.9 Å². The number of rotatable bonds is 6. The molecule has 8 nitrogen and oxygen atoms in total. The van der Waals surface area contributed by atoms with E-state index in [4.69, 9.17) is 0 Å². The first-order chi connectivity index (χ1) is 16.9. The van der Waals surface area contributed by atoms with Gasteiger partial charge in [0.25, 0.3) is 0 Å². The molecule has 3 heterocycles. The van der Waals surface area contributed by atoms with Crippen LogP contribution < -0.4 is 10.6 Å². The minimum Gasteiger partial charge on any atom is -0.351 e. The van der Waals surface area contributed by atoms with Crippen molar-refractivity contribution in [3.63, 3.8) is 0 Å². The summed E-state index contributed by atoms with van der Waals surface area (Å²) in [5.74, 6) is 0.743. The number of nitrogens with one attached hydrogen (secondary N) is 2. The first kappa shape index (κ1) is 22.8. The van der Waals surface area contributed by atoms with Gasteiger partial charge in [-0.05, 0) is 43.5 Å². The zero-order valence-electron chi connectivity index (χ0n) is 18.5. The fourth-order valence-electron chi connectivity index (χ4n) is 4.46. The van der Waals surface area contributed by atoms with Crippen molar-refractivity contribution < 1.29 is 18.0 Å². The molecule has 2 atom stereocenters. The Morgan fingerprint density at radius 3 is 2.80 bits per heavy atom. The van der Waals surface area contributed by atoms with Crippen molar-refractivity contribution in [3.05, 3.63) is 71.8 Å². The van der Waals surface area contributed by atoms with Crippen LogP contribution in [-0.2, 0) is 6.18 Å². The molecular formula is C24H22F3N7O. The molecular weight excluding hydrogens is 459 g/mol. The summed E-state index contributed by atoms with van der Waals surface area (Å²) in [6, 6.07) is 11.9. The number of nitrogens with zero attached hydrogens (tertiary/aromatic N) is 5. The predicted octanol–water partition coefficient (Wildman–Crippen LogP) is 5.23. The molecule has 0 bridgehead atoms. The first-order valence-corrected chi connectivity index (χ1v) is 11.2. The molecule has 1 aromatic carbocycles. The number of alkyl halides is 3. The number of hydrogen-bond donors (Lipinski definition) is 2. The predicted molar refractivity (Wildman–Crippen MR) is 124 cm³/mol. The summed E-state index contributed by atoms with van der Waals surface area (Å²) >= 11 is 0. The van der Waals surface area contributed by atoms with Crippen LogP contribution in [0.25, 0.3) is 5.65 Å². The van der Waals surface area contributed by atoms with E-state index in [1.807, 2.05) is 28.8 Å². The number of halogens is 3. The number of carbonyl (C=O) groups is 1. The molecule has 0 spiro atoms. The van der Waals surface area contributed by atoms with E-state index in [-0.39, 0.29) is 23.7 Å². The van der Waals surface area contributed by atoms with Gasteiger partial charge in [0, 0.05) is 35.6 Å². The van der Waals surface area contributed by atoms with Gasteiger partial charge >= 0.3 is 6.18 Å². The highest BCUT2D eigenvalue weighted by Gasteiger charge is 2.36. The molecule has 180 valence electrons. The molecule has 35 heavy (non-hydrogen) atoms. The number of carbonyl (C=O) groups excluding carboxylic acids is 1. The van der Waals surface area contributed by atoms with E-state index >= 15 is 0 Å². The summed E-state index contributed by atoms with van der Waals surface area (Å²) in [5, 5.41) is 14.5. The van der Waals surface area contributed by atoms with Gasteiger partial charge in [-0.1, -0.05) is 24.6 Å². The topological polar surface area (TPSA) is 97.1 Å². The quantitative estimate of drug-likeness (QED) is 0.364. The van der Waals surface area contributed by atoms with Gasteiger partial charge in [0.05, 0.1) is 0 Å². The Morgan fingerprint density at radius 1 is 1.09 bits per heavy atom. The van der Waals surface area contributed by atoms with Gasteiger partial charge in [-0.25, -0.2) is 4.98 Å². The van der Waals surface area contributed by atoms with Gasteiger partial charge in [-0.3, -0.25) is 9.20 Å². The van der Waals surface area contributed by atoms with E-state index in [9.17, 15) is 18.0 Å². The van der Waals surface area contributed by atoms with Gasteiger partial charge in [0.2, 0.25) is 5.95 Å². The molecule has 1 aliphatic rings. The molecule has 0 aliphatic heterocycles. The van der Waals surface area contributed by atoms with Crippen molar-refractivity contribution in [2.24, 2.45) is 0 Å².